The molecule has 2 aromatic rings. The summed E-state index contributed by atoms with van der Waals surface area (Å²) in [6, 6.07) is 11.0. The molecule has 0 spiro atoms. The van der Waals surface area contributed by atoms with E-state index in [1.165, 1.54) is 30.2 Å². The number of aromatic nitrogens is 1. The first-order valence-electron chi connectivity index (χ1n) is 8.09. The van der Waals surface area contributed by atoms with E-state index in [1.54, 1.807) is 0 Å². The number of pyridine rings is 1. The molecule has 3 heterocycles. The Morgan fingerprint density at radius 1 is 1.29 bits per heavy atom. The number of rotatable bonds is 4. The van der Waals surface area contributed by atoms with Gasteiger partial charge in [-0.05, 0) is 37.4 Å². The summed E-state index contributed by atoms with van der Waals surface area (Å²) in [6.45, 7) is 3.15. The summed E-state index contributed by atoms with van der Waals surface area (Å²) in [5.74, 6) is 0.580. The van der Waals surface area contributed by atoms with Crippen molar-refractivity contribution in [1.82, 2.24) is 10.3 Å². The number of hydrogen-bond donors (Lipinski definition) is 1. The summed E-state index contributed by atoms with van der Waals surface area (Å²) in [5.41, 5.74) is 2.46. The Hall–Kier alpha value is -1.45. The van der Waals surface area contributed by atoms with Gasteiger partial charge in [0.1, 0.15) is 0 Å². The van der Waals surface area contributed by atoms with Gasteiger partial charge in [-0.25, -0.2) is 0 Å². The lowest BCUT2D eigenvalue weighted by Crippen LogP contribution is -2.34. The Bertz CT molecular complexity index is 637. The van der Waals surface area contributed by atoms with Gasteiger partial charge in [-0.1, -0.05) is 31.2 Å². The number of benzene rings is 1. The van der Waals surface area contributed by atoms with E-state index in [2.05, 4.69) is 41.5 Å². The fourth-order valence-electron chi connectivity index (χ4n) is 4.12. The highest BCUT2D eigenvalue weighted by atomic mass is 16.5. The van der Waals surface area contributed by atoms with E-state index in [0.717, 1.165) is 12.1 Å². The van der Waals surface area contributed by atoms with Crippen LogP contribution >= 0.6 is 0 Å². The lowest BCUT2D eigenvalue weighted by atomic mass is 9.80. The van der Waals surface area contributed by atoms with Gasteiger partial charge >= 0.3 is 0 Å². The Morgan fingerprint density at radius 3 is 2.95 bits per heavy atom. The molecule has 0 amide bonds. The van der Waals surface area contributed by atoms with Crippen LogP contribution in [0.2, 0.25) is 0 Å². The molecule has 2 aliphatic rings. The van der Waals surface area contributed by atoms with Gasteiger partial charge in [0.05, 0.1) is 17.7 Å². The van der Waals surface area contributed by atoms with E-state index in [0.29, 0.717) is 24.2 Å². The second-order valence-electron chi connectivity index (χ2n) is 6.23. The van der Waals surface area contributed by atoms with Crippen LogP contribution in [0.5, 0.6) is 0 Å². The second kappa shape index (κ2) is 5.39. The van der Waals surface area contributed by atoms with Crippen molar-refractivity contribution in [3.05, 3.63) is 42.1 Å². The van der Waals surface area contributed by atoms with Gasteiger partial charge in [0, 0.05) is 23.5 Å². The van der Waals surface area contributed by atoms with Crippen LogP contribution in [0.3, 0.4) is 0 Å². The third-order valence-corrected chi connectivity index (χ3v) is 5.00. The number of para-hydroxylation sites is 1. The van der Waals surface area contributed by atoms with E-state index < -0.39 is 0 Å². The van der Waals surface area contributed by atoms with Crippen molar-refractivity contribution in [3.8, 4) is 0 Å². The van der Waals surface area contributed by atoms with Gasteiger partial charge < -0.3 is 10.1 Å². The molecule has 1 N–H and O–H groups in total. The quantitative estimate of drug-likeness (QED) is 0.932. The Balaban J connectivity index is 1.76. The first-order valence-corrected chi connectivity index (χ1v) is 8.09. The van der Waals surface area contributed by atoms with Gasteiger partial charge in [0.2, 0.25) is 0 Å². The maximum absolute atomic E-state index is 6.09. The monoisotopic (exact) mass is 282 g/mol. The summed E-state index contributed by atoms with van der Waals surface area (Å²) in [5, 5.41) is 4.92. The molecule has 2 aliphatic heterocycles. The van der Waals surface area contributed by atoms with E-state index in [1.807, 2.05) is 12.3 Å². The molecule has 4 unspecified atom stereocenters. The molecular weight excluding hydrogens is 260 g/mol. The molecule has 2 saturated heterocycles. The average molecular weight is 282 g/mol. The number of fused-ring (bicyclic) bond motifs is 3. The SMILES string of the molecule is CCNC(c1cccc2cccnc12)C1CC2CCC1O2. The molecule has 2 bridgehead atoms. The zero-order valence-electron chi connectivity index (χ0n) is 12.5. The highest BCUT2D eigenvalue weighted by Gasteiger charge is 2.44. The van der Waals surface area contributed by atoms with Crippen LogP contribution in [-0.4, -0.2) is 23.7 Å². The largest absolute Gasteiger partial charge is 0.375 e. The number of nitrogens with one attached hydrogen (secondary N) is 1. The van der Waals surface area contributed by atoms with Crippen molar-refractivity contribution in [2.75, 3.05) is 6.54 Å². The third-order valence-electron chi connectivity index (χ3n) is 5.00. The maximum atomic E-state index is 6.09. The molecule has 21 heavy (non-hydrogen) atoms. The molecule has 3 nitrogen and oxygen atoms in total. The Labute approximate surface area is 125 Å². The van der Waals surface area contributed by atoms with Gasteiger partial charge in [0.15, 0.2) is 0 Å². The summed E-state index contributed by atoms with van der Waals surface area (Å²) < 4.78 is 6.09. The molecule has 0 saturated carbocycles. The smallest absolute Gasteiger partial charge is 0.0749 e. The lowest BCUT2D eigenvalue weighted by molar-refractivity contribution is 0.0859. The second-order valence-corrected chi connectivity index (χ2v) is 6.23. The fraction of sp³-hybridized carbons (Fsp3) is 0.500. The standard InChI is InChI=1S/C18H22N2O/c1-2-19-18(15-11-13-8-9-16(15)21-13)14-7-3-5-12-6-4-10-20-17(12)14/h3-7,10,13,15-16,18-19H,2,8-9,11H2,1H3. The predicted octanol–water partition coefficient (Wildman–Crippen LogP) is 3.45. The van der Waals surface area contributed by atoms with Gasteiger partial charge in [-0.2, -0.15) is 0 Å². The minimum atomic E-state index is 0.351. The first-order chi connectivity index (χ1) is 10.4. The molecule has 3 heteroatoms. The minimum absolute atomic E-state index is 0.351. The minimum Gasteiger partial charge on any atom is -0.375 e. The van der Waals surface area contributed by atoms with E-state index in [9.17, 15) is 0 Å². The summed E-state index contributed by atoms with van der Waals surface area (Å²) in [7, 11) is 0. The van der Waals surface area contributed by atoms with Gasteiger partial charge in [-0.3, -0.25) is 4.98 Å². The normalized spacial score (nSPS) is 29.1. The number of ether oxygens (including phenoxy) is 1. The van der Waals surface area contributed by atoms with Crippen molar-refractivity contribution >= 4 is 10.9 Å². The van der Waals surface area contributed by atoms with Crippen LogP contribution in [0.25, 0.3) is 10.9 Å². The molecule has 1 aromatic heterocycles. The van der Waals surface area contributed by atoms with E-state index >= 15 is 0 Å². The highest BCUT2D eigenvalue weighted by molar-refractivity contribution is 5.82. The number of nitrogens with zero attached hydrogens (tertiary/aromatic N) is 1. The molecular formula is C18H22N2O. The van der Waals surface area contributed by atoms with Crippen molar-refractivity contribution in [3.63, 3.8) is 0 Å². The van der Waals surface area contributed by atoms with Crippen molar-refractivity contribution in [1.29, 1.82) is 0 Å². The molecule has 2 fully saturated rings. The van der Waals surface area contributed by atoms with Crippen LogP contribution in [-0.2, 0) is 4.74 Å². The average Bonchev–Trinajstić information content (AvgIpc) is 3.15. The lowest BCUT2D eigenvalue weighted by Gasteiger charge is -2.30. The maximum Gasteiger partial charge on any atom is 0.0749 e. The zero-order chi connectivity index (χ0) is 14.2. The molecule has 4 rings (SSSR count). The van der Waals surface area contributed by atoms with Gasteiger partial charge in [-0.15, -0.1) is 0 Å². The van der Waals surface area contributed by atoms with Crippen molar-refractivity contribution in [2.45, 2.75) is 44.4 Å². The van der Waals surface area contributed by atoms with Crippen LogP contribution in [0, 0.1) is 5.92 Å². The molecule has 0 radical (unpaired) electrons. The Morgan fingerprint density at radius 2 is 2.19 bits per heavy atom. The topological polar surface area (TPSA) is 34.2 Å². The van der Waals surface area contributed by atoms with Crippen molar-refractivity contribution in [2.24, 2.45) is 5.92 Å². The Kier molecular flexibility index (Phi) is 3.40. The molecule has 1 aromatic carbocycles. The van der Waals surface area contributed by atoms with Crippen LogP contribution in [0.1, 0.15) is 37.8 Å². The van der Waals surface area contributed by atoms with E-state index in [-0.39, 0.29) is 0 Å². The van der Waals surface area contributed by atoms with Crippen LogP contribution < -0.4 is 5.32 Å². The highest BCUT2D eigenvalue weighted by Crippen LogP contribution is 2.45. The first kappa shape index (κ1) is 13.2. The molecule has 4 atom stereocenters. The van der Waals surface area contributed by atoms with E-state index in [4.69, 9.17) is 4.74 Å². The summed E-state index contributed by atoms with van der Waals surface area (Å²) in [4.78, 5) is 4.64. The van der Waals surface area contributed by atoms with Gasteiger partial charge in [0.25, 0.3) is 0 Å². The summed E-state index contributed by atoms with van der Waals surface area (Å²) in [6.07, 6.45) is 6.46. The molecule has 110 valence electrons. The number of hydrogen-bond acceptors (Lipinski definition) is 3. The predicted molar refractivity (Wildman–Crippen MR) is 84.2 cm³/mol. The fourth-order valence-corrected chi connectivity index (χ4v) is 4.12. The van der Waals surface area contributed by atoms with Crippen molar-refractivity contribution < 1.29 is 4.74 Å². The summed E-state index contributed by atoms with van der Waals surface area (Å²) >= 11 is 0. The van der Waals surface area contributed by atoms with Crippen LogP contribution in [0.15, 0.2) is 36.5 Å². The third kappa shape index (κ3) is 2.25. The molecule has 0 aliphatic carbocycles. The van der Waals surface area contributed by atoms with Crippen LogP contribution in [0.4, 0.5) is 0 Å². The zero-order valence-corrected chi connectivity index (χ0v) is 12.5.